The SMILES string of the molecule is C[Si](C)(C)c1cc(B(O)O)cc(F)c1F. The Morgan fingerprint density at radius 1 is 1.13 bits per heavy atom. The third-order valence-electron chi connectivity index (χ3n) is 2.16. The Morgan fingerprint density at radius 3 is 2.07 bits per heavy atom. The summed E-state index contributed by atoms with van der Waals surface area (Å²) in [6.45, 7) is 5.58. The summed E-state index contributed by atoms with van der Waals surface area (Å²) in [5.41, 5.74) is -0.00803. The van der Waals surface area contributed by atoms with E-state index in [1.807, 2.05) is 19.6 Å². The molecule has 0 aliphatic carbocycles. The first-order valence-corrected chi connectivity index (χ1v) is 8.09. The van der Waals surface area contributed by atoms with Crippen LogP contribution in [0.1, 0.15) is 0 Å². The van der Waals surface area contributed by atoms with Crippen LogP contribution in [0.4, 0.5) is 8.78 Å². The molecule has 0 radical (unpaired) electrons. The zero-order valence-electron chi connectivity index (χ0n) is 8.88. The highest BCUT2D eigenvalue weighted by Gasteiger charge is 2.26. The largest absolute Gasteiger partial charge is 0.488 e. The number of hydrogen-bond donors (Lipinski definition) is 2. The van der Waals surface area contributed by atoms with Crippen LogP contribution in [0.5, 0.6) is 0 Å². The van der Waals surface area contributed by atoms with Crippen LogP contribution in [-0.4, -0.2) is 25.2 Å². The van der Waals surface area contributed by atoms with Gasteiger partial charge in [-0.25, -0.2) is 8.78 Å². The molecule has 6 heteroatoms. The monoisotopic (exact) mass is 230 g/mol. The summed E-state index contributed by atoms with van der Waals surface area (Å²) >= 11 is 0. The molecule has 0 unspecified atom stereocenters. The van der Waals surface area contributed by atoms with Crippen LogP contribution in [0.2, 0.25) is 19.6 Å². The summed E-state index contributed by atoms with van der Waals surface area (Å²) in [6.07, 6.45) is 0. The molecule has 1 aromatic rings. The van der Waals surface area contributed by atoms with Gasteiger partial charge in [0.15, 0.2) is 11.6 Å². The third kappa shape index (κ3) is 2.64. The number of rotatable bonds is 2. The van der Waals surface area contributed by atoms with E-state index in [4.69, 9.17) is 10.0 Å². The van der Waals surface area contributed by atoms with Crippen LogP contribution in [0, 0.1) is 11.6 Å². The van der Waals surface area contributed by atoms with E-state index >= 15 is 0 Å². The van der Waals surface area contributed by atoms with Gasteiger partial charge in [0.05, 0.1) is 8.07 Å². The molecule has 0 aliphatic rings. The first-order valence-electron chi connectivity index (χ1n) is 4.59. The first-order chi connectivity index (χ1) is 6.73. The average molecular weight is 230 g/mol. The van der Waals surface area contributed by atoms with Crippen molar-refractivity contribution < 1.29 is 18.8 Å². The second-order valence-electron chi connectivity index (χ2n) is 4.49. The standard InChI is InChI=1S/C9H13BF2O2Si/c1-15(2,3)8-5-6(10(13)14)4-7(11)9(8)12/h4-5,13-14H,1-3H3. The molecule has 1 aromatic carbocycles. The maximum absolute atomic E-state index is 13.4. The molecule has 0 amide bonds. The topological polar surface area (TPSA) is 40.5 Å². The van der Waals surface area contributed by atoms with E-state index in [9.17, 15) is 8.78 Å². The summed E-state index contributed by atoms with van der Waals surface area (Å²) in [5, 5.41) is 18.1. The molecule has 15 heavy (non-hydrogen) atoms. The summed E-state index contributed by atoms with van der Waals surface area (Å²) in [6, 6.07) is 2.14. The minimum Gasteiger partial charge on any atom is -0.423 e. The molecule has 82 valence electrons. The number of benzene rings is 1. The Labute approximate surface area is 88.7 Å². The van der Waals surface area contributed by atoms with Crippen molar-refractivity contribution in [3.63, 3.8) is 0 Å². The lowest BCUT2D eigenvalue weighted by Crippen LogP contribution is -2.45. The van der Waals surface area contributed by atoms with Gasteiger partial charge >= 0.3 is 7.12 Å². The Hall–Kier alpha value is -0.718. The van der Waals surface area contributed by atoms with Crippen molar-refractivity contribution in [2.45, 2.75) is 19.6 Å². The minimum absolute atomic E-state index is 0.00803. The second kappa shape index (κ2) is 4.04. The molecule has 0 bridgehead atoms. The van der Waals surface area contributed by atoms with E-state index in [1.54, 1.807) is 0 Å². The summed E-state index contributed by atoms with van der Waals surface area (Å²) in [4.78, 5) is 0. The van der Waals surface area contributed by atoms with Gasteiger partial charge in [-0.3, -0.25) is 0 Å². The van der Waals surface area contributed by atoms with Crippen molar-refractivity contribution in [2.75, 3.05) is 0 Å². The van der Waals surface area contributed by atoms with Gasteiger partial charge in [-0.05, 0) is 16.7 Å². The fourth-order valence-electron chi connectivity index (χ4n) is 1.30. The van der Waals surface area contributed by atoms with E-state index in [2.05, 4.69) is 0 Å². The smallest absolute Gasteiger partial charge is 0.423 e. The van der Waals surface area contributed by atoms with Gasteiger partial charge in [0.1, 0.15) is 0 Å². The highest BCUT2D eigenvalue weighted by atomic mass is 28.3. The second-order valence-corrected chi connectivity index (χ2v) is 9.53. The molecule has 1 rings (SSSR count). The van der Waals surface area contributed by atoms with E-state index in [-0.39, 0.29) is 10.6 Å². The van der Waals surface area contributed by atoms with E-state index < -0.39 is 26.8 Å². The maximum Gasteiger partial charge on any atom is 0.488 e. The minimum atomic E-state index is -2.02. The predicted octanol–water partition coefficient (Wildman–Crippen LogP) is 0.190. The van der Waals surface area contributed by atoms with Gasteiger partial charge in [-0.15, -0.1) is 0 Å². The molecule has 0 saturated carbocycles. The van der Waals surface area contributed by atoms with Gasteiger partial charge in [0, 0.05) is 0 Å². The van der Waals surface area contributed by atoms with Crippen molar-refractivity contribution in [3.8, 4) is 0 Å². The van der Waals surface area contributed by atoms with Crippen LogP contribution in [0.3, 0.4) is 0 Å². The molecule has 2 N–H and O–H groups in total. The molecule has 2 nitrogen and oxygen atoms in total. The van der Waals surface area contributed by atoms with E-state index in [0.29, 0.717) is 0 Å². The molecule has 0 fully saturated rings. The van der Waals surface area contributed by atoms with Crippen molar-refractivity contribution in [1.29, 1.82) is 0 Å². The Balaban J connectivity index is 3.38. The van der Waals surface area contributed by atoms with Crippen LogP contribution < -0.4 is 10.6 Å². The Kier molecular flexibility index (Phi) is 3.32. The molecular weight excluding hydrogens is 217 g/mol. The van der Waals surface area contributed by atoms with Gasteiger partial charge in [-0.2, -0.15) is 0 Å². The van der Waals surface area contributed by atoms with Crippen molar-refractivity contribution >= 4 is 25.8 Å². The van der Waals surface area contributed by atoms with Gasteiger partial charge in [-0.1, -0.05) is 25.7 Å². The quantitative estimate of drug-likeness (QED) is 0.712. The number of halogens is 2. The van der Waals surface area contributed by atoms with Crippen molar-refractivity contribution in [3.05, 3.63) is 23.8 Å². The summed E-state index contributed by atoms with van der Waals surface area (Å²) in [5.74, 6) is -1.91. The zero-order chi connectivity index (χ0) is 11.8. The van der Waals surface area contributed by atoms with Crippen LogP contribution >= 0.6 is 0 Å². The van der Waals surface area contributed by atoms with Crippen LogP contribution in [0.25, 0.3) is 0 Å². The normalized spacial score (nSPS) is 11.7. The fraction of sp³-hybridized carbons (Fsp3) is 0.333. The van der Waals surface area contributed by atoms with Crippen molar-refractivity contribution in [1.82, 2.24) is 0 Å². The summed E-state index contributed by atoms with van der Waals surface area (Å²) < 4.78 is 26.6. The zero-order valence-corrected chi connectivity index (χ0v) is 9.88. The Morgan fingerprint density at radius 2 is 1.67 bits per heavy atom. The molecule has 0 saturated heterocycles. The molecule has 0 aliphatic heterocycles. The lowest BCUT2D eigenvalue weighted by Gasteiger charge is -2.18. The van der Waals surface area contributed by atoms with E-state index in [1.165, 1.54) is 6.07 Å². The predicted molar refractivity (Wildman–Crippen MR) is 59.2 cm³/mol. The first kappa shape index (κ1) is 12.4. The molecule has 0 atom stereocenters. The third-order valence-corrected chi connectivity index (χ3v) is 4.14. The van der Waals surface area contributed by atoms with E-state index in [0.717, 1.165) is 6.07 Å². The number of hydrogen-bond acceptors (Lipinski definition) is 2. The Bertz CT molecular complexity index is 377. The molecule has 0 spiro atoms. The molecule has 0 aromatic heterocycles. The molecule has 0 heterocycles. The lowest BCUT2D eigenvalue weighted by atomic mass is 9.80. The van der Waals surface area contributed by atoms with Crippen molar-refractivity contribution in [2.24, 2.45) is 0 Å². The summed E-state index contributed by atoms with van der Waals surface area (Å²) in [7, 11) is -3.79. The molecular formula is C9H13BF2O2Si. The fourth-order valence-corrected chi connectivity index (χ4v) is 2.68. The lowest BCUT2D eigenvalue weighted by molar-refractivity contribution is 0.425. The van der Waals surface area contributed by atoms with Crippen LogP contribution in [-0.2, 0) is 0 Å². The van der Waals surface area contributed by atoms with Gasteiger partial charge in [0.2, 0.25) is 0 Å². The van der Waals surface area contributed by atoms with Gasteiger partial charge < -0.3 is 10.0 Å². The highest BCUT2D eigenvalue weighted by Crippen LogP contribution is 2.08. The van der Waals surface area contributed by atoms with Crippen LogP contribution in [0.15, 0.2) is 12.1 Å². The highest BCUT2D eigenvalue weighted by molar-refractivity contribution is 6.89. The van der Waals surface area contributed by atoms with Gasteiger partial charge in [0.25, 0.3) is 0 Å². The average Bonchev–Trinajstić information content (AvgIpc) is 2.06. The maximum atomic E-state index is 13.4.